The van der Waals surface area contributed by atoms with Gasteiger partial charge in [-0.25, -0.2) is 4.79 Å². The first-order chi connectivity index (χ1) is 9.43. The number of carbonyl (C=O) groups is 2. The fraction of sp³-hybridized carbons (Fsp3) is 0.286. The minimum absolute atomic E-state index is 0.315. The van der Waals surface area contributed by atoms with Crippen molar-refractivity contribution in [3.05, 3.63) is 40.4 Å². The maximum absolute atomic E-state index is 11.9. The number of amides is 1. The molecule has 108 valence electrons. The minimum Gasteiger partial charge on any atom is -0.449 e. The van der Waals surface area contributed by atoms with E-state index in [0.29, 0.717) is 15.7 Å². The maximum Gasteiger partial charge on any atom is 0.331 e. The molecular formula is C14H15Cl2NO3. The highest BCUT2D eigenvalue weighted by atomic mass is 35.5. The number of hydrogen-bond donors (Lipinski definition) is 1. The van der Waals surface area contributed by atoms with Gasteiger partial charge >= 0.3 is 5.97 Å². The number of nitrogens with one attached hydrogen (secondary N) is 1. The van der Waals surface area contributed by atoms with E-state index in [1.165, 1.54) is 19.1 Å². The van der Waals surface area contributed by atoms with Gasteiger partial charge in [0.05, 0.1) is 10.7 Å². The Morgan fingerprint density at radius 1 is 1.40 bits per heavy atom. The maximum atomic E-state index is 11.9. The lowest BCUT2D eigenvalue weighted by Crippen LogP contribution is -2.29. The molecule has 0 aliphatic carbocycles. The molecule has 0 saturated carbocycles. The van der Waals surface area contributed by atoms with Crippen molar-refractivity contribution in [2.75, 3.05) is 5.32 Å². The zero-order chi connectivity index (χ0) is 15.1. The summed E-state index contributed by atoms with van der Waals surface area (Å²) in [6.45, 7) is 3.37. The van der Waals surface area contributed by atoms with E-state index in [-0.39, 0.29) is 0 Å². The van der Waals surface area contributed by atoms with Gasteiger partial charge in [0, 0.05) is 11.1 Å². The molecule has 0 aliphatic heterocycles. The monoisotopic (exact) mass is 315 g/mol. The van der Waals surface area contributed by atoms with Gasteiger partial charge in [-0.15, -0.1) is 0 Å². The average Bonchev–Trinajstić information content (AvgIpc) is 2.39. The summed E-state index contributed by atoms with van der Waals surface area (Å²) in [6.07, 6.45) is 2.74. The zero-order valence-corrected chi connectivity index (χ0v) is 12.7. The van der Waals surface area contributed by atoms with Gasteiger partial charge in [-0.2, -0.15) is 0 Å². The van der Waals surface area contributed by atoms with Crippen LogP contribution in [0.5, 0.6) is 0 Å². The summed E-state index contributed by atoms with van der Waals surface area (Å²) in [6, 6.07) is 4.69. The van der Waals surface area contributed by atoms with Crippen molar-refractivity contribution in [1.82, 2.24) is 0 Å². The van der Waals surface area contributed by atoms with Crippen molar-refractivity contribution in [3.8, 4) is 0 Å². The molecule has 0 fully saturated rings. The third-order valence-electron chi connectivity index (χ3n) is 2.34. The van der Waals surface area contributed by atoms with E-state index in [0.717, 1.165) is 6.42 Å². The quantitative estimate of drug-likeness (QED) is 0.663. The van der Waals surface area contributed by atoms with Crippen molar-refractivity contribution in [1.29, 1.82) is 0 Å². The molecule has 4 nitrogen and oxygen atoms in total. The standard InChI is InChI=1S/C14H15Cl2NO3/c1-3-4-5-13(18)20-9(2)14(19)17-12-7-6-10(15)8-11(12)16/h4-9H,3H2,1-2H3,(H,17,19)/b5-4+/t9-/m0/s1. The van der Waals surface area contributed by atoms with E-state index >= 15 is 0 Å². The van der Waals surface area contributed by atoms with E-state index in [9.17, 15) is 9.59 Å². The molecule has 1 aromatic rings. The second-order valence-corrected chi connectivity index (χ2v) is 4.85. The van der Waals surface area contributed by atoms with E-state index in [1.807, 2.05) is 6.92 Å². The Bertz CT molecular complexity index is 529. The molecule has 0 unspecified atom stereocenters. The van der Waals surface area contributed by atoms with Gasteiger partial charge < -0.3 is 10.1 Å². The number of carbonyl (C=O) groups excluding carboxylic acids is 2. The number of rotatable bonds is 5. The molecule has 1 atom stereocenters. The van der Waals surface area contributed by atoms with Crippen molar-refractivity contribution in [2.45, 2.75) is 26.4 Å². The van der Waals surface area contributed by atoms with Crippen LogP contribution in [-0.2, 0) is 14.3 Å². The Hall–Kier alpha value is -1.52. The SMILES string of the molecule is CC/C=C/C(=O)O[C@@H](C)C(=O)Nc1ccc(Cl)cc1Cl. The molecule has 0 aliphatic rings. The Morgan fingerprint density at radius 2 is 2.10 bits per heavy atom. The van der Waals surface area contributed by atoms with Gasteiger partial charge in [0.15, 0.2) is 6.10 Å². The zero-order valence-electron chi connectivity index (χ0n) is 11.2. The van der Waals surface area contributed by atoms with Crippen LogP contribution >= 0.6 is 23.2 Å². The van der Waals surface area contributed by atoms with Gasteiger partial charge in [-0.3, -0.25) is 4.79 Å². The van der Waals surface area contributed by atoms with Crippen LogP contribution in [0.3, 0.4) is 0 Å². The third-order valence-corrected chi connectivity index (χ3v) is 2.89. The second-order valence-electron chi connectivity index (χ2n) is 4.00. The number of halogens is 2. The first kappa shape index (κ1) is 16.5. The summed E-state index contributed by atoms with van der Waals surface area (Å²) < 4.78 is 4.94. The topological polar surface area (TPSA) is 55.4 Å². The molecule has 0 heterocycles. The predicted octanol–water partition coefficient (Wildman–Crippen LogP) is 3.83. The molecule has 0 saturated heterocycles. The molecule has 0 radical (unpaired) electrons. The average molecular weight is 316 g/mol. The highest BCUT2D eigenvalue weighted by Crippen LogP contribution is 2.25. The number of ether oxygens (including phenoxy) is 1. The first-order valence-corrected chi connectivity index (χ1v) is 6.82. The number of allylic oxidation sites excluding steroid dienone is 1. The van der Waals surface area contributed by atoms with Crippen LogP contribution in [0.15, 0.2) is 30.4 Å². The number of hydrogen-bond acceptors (Lipinski definition) is 3. The van der Waals surface area contributed by atoms with E-state index in [1.54, 1.807) is 18.2 Å². The Kier molecular flexibility index (Phi) is 6.55. The summed E-state index contributed by atoms with van der Waals surface area (Å²) in [7, 11) is 0. The summed E-state index contributed by atoms with van der Waals surface area (Å²) in [4.78, 5) is 23.2. The smallest absolute Gasteiger partial charge is 0.331 e. The number of anilines is 1. The Balaban J connectivity index is 2.61. The van der Waals surface area contributed by atoms with Crippen molar-refractivity contribution >= 4 is 40.8 Å². The predicted molar refractivity (Wildman–Crippen MR) is 80.1 cm³/mol. The molecule has 1 N–H and O–H groups in total. The molecule has 1 aromatic carbocycles. The minimum atomic E-state index is -0.921. The lowest BCUT2D eigenvalue weighted by atomic mass is 10.3. The van der Waals surface area contributed by atoms with Gasteiger partial charge in [0.2, 0.25) is 0 Å². The third kappa shape index (κ3) is 5.23. The van der Waals surface area contributed by atoms with Gasteiger partial charge in [-0.05, 0) is 31.5 Å². The molecule has 1 amide bonds. The van der Waals surface area contributed by atoms with Crippen LogP contribution in [-0.4, -0.2) is 18.0 Å². The van der Waals surface area contributed by atoms with Crippen molar-refractivity contribution in [3.63, 3.8) is 0 Å². The molecule has 0 spiro atoms. The van der Waals surface area contributed by atoms with Crippen LogP contribution in [0.1, 0.15) is 20.3 Å². The molecule has 0 aromatic heterocycles. The van der Waals surface area contributed by atoms with Gasteiger partial charge in [-0.1, -0.05) is 36.2 Å². The largest absolute Gasteiger partial charge is 0.449 e. The van der Waals surface area contributed by atoms with Crippen molar-refractivity contribution in [2.24, 2.45) is 0 Å². The number of esters is 1. The fourth-order valence-corrected chi connectivity index (χ4v) is 1.76. The summed E-state index contributed by atoms with van der Waals surface area (Å²) in [5, 5.41) is 3.35. The van der Waals surface area contributed by atoms with Gasteiger partial charge in [0.1, 0.15) is 0 Å². The van der Waals surface area contributed by atoms with Crippen LogP contribution in [0.4, 0.5) is 5.69 Å². The van der Waals surface area contributed by atoms with Crippen LogP contribution in [0.25, 0.3) is 0 Å². The lowest BCUT2D eigenvalue weighted by molar-refractivity contribution is -0.148. The summed E-state index contributed by atoms with van der Waals surface area (Å²) in [5.41, 5.74) is 0.410. The lowest BCUT2D eigenvalue weighted by Gasteiger charge is -2.13. The molecule has 0 bridgehead atoms. The molecular weight excluding hydrogens is 301 g/mol. The Labute approximate surface area is 127 Å². The summed E-state index contributed by atoms with van der Waals surface area (Å²) >= 11 is 11.7. The highest BCUT2D eigenvalue weighted by Gasteiger charge is 2.17. The molecule has 1 rings (SSSR count). The van der Waals surface area contributed by atoms with E-state index in [4.69, 9.17) is 27.9 Å². The van der Waals surface area contributed by atoms with E-state index in [2.05, 4.69) is 5.32 Å². The second kappa shape index (κ2) is 7.92. The summed E-state index contributed by atoms with van der Waals surface area (Å²) in [5.74, 6) is -1.02. The van der Waals surface area contributed by atoms with Crippen LogP contribution in [0.2, 0.25) is 10.0 Å². The first-order valence-electron chi connectivity index (χ1n) is 6.07. The van der Waals surface area contributed by atoms with Crippen LogP contribution in [0, 0.1) is 0 Å². The fourth-order valence-electron chi connectivity index (χ4n) is 1.31. The normalized spacial score (nSPS) is 12.2. The highest BCUT2D eigenvalue weighted by molar-refractivity contribution is 6.36. The Morgan fingerprint density at radius 3 is 2.70 bits per heavy atom. The van der Waals surface area contributed by atoms with E-state index < -0.39 is 18.0 Å². The number of benzene rings is 1. The van der Waals surface area contributed by atoms with Gasteiger partial charge in [0.25, 0.3) is 5.91 Å². The molecule has 20 heavy (non-hydrogen) atoms. The van der Waals surface area contributed by atoms with Crippen LogP contribution < -0.4 is 5.32 Å². The molecule has 6 heteroatoms. The van der Waals surface area contributed by atoms with Crippen molar-refractivity contribution < 1.29 is 14.3 Å².